The summed E-state index contributed by atoms with van der Waals surface area (Å²) >= 11 is 3.27. The molecule has 2 aromatic carbocycles. The second-order valence-corrected chi connectivity index (χ2v) is 4.87. The molecule has 1 heterocycles. The van der Waals surface area contributed by atoms with Crippen LogP contribution in [0.1, 0.15) is 5.56 Å². The molecule has 1 aliphatic heterocycles. The Bertz CT molecular complexity index is 704. The summed E-state index contributed by atoms with van der Waals surface area (Å²) in [5, 5.41) is 11.7. The van der Waals surface area contributed by atoms with Gasteiger partial charge in [-0.25, -0.2) is 0 Å². The molecule has 0 saturated heterocycles. The number of hydrogen-bond acceptors (Lipinski definition) is 5. The van der Waals surface area contributed by atoms with E-state index in [1.807, 2.05) is 0 Å². The summed E-state index contributed by atoms with van der Waals surface area (Å²) in [4.78, 5) is 10.7. The van der Waals surface area contributed by atoms with Crippen LogP contribution in [0.15, 0.2) is 36.4 Å². The van der Waals surface area contributed by atoms with Crippen molar-refractivity contribution in [3.05, 3.63) is 52.1 Å². The monoisotopic (exact) mass is 351 g/mol. The lowest BCUT2D eigenvalue weighted by molar-refractivity contribution is -0.385. The Balaban J connectivity index is 1.92. The second kappa shape index (κ2) is 5.61. The third kappa shape index (κ3) is 2.78. The van der Waals surface area contributed by atoms with Crippen LogP contribution in [0.2, 0.25) is 0 Å². The van der Waals surface area contributed by atoms with Gasteiger partial charge in [-0.1, -0.05) is 22.0 Å². The third-order valence-electron chi connectivity index (χ3n) is 2.95. The first-order valence-corrected chi connectivity index (χ1v) is 7.20. The molecule has 0 atom stereocenters. The fourth-order valence-corrected chi connectivity index (χ4v) is 2.29. The highest BCUT2D eigenvalue weighted by atomic mass is 79.9. The first-order chi connectivity index (χ1) is 10.2. The number of nitro groups is 1. The van der Waals surface area contributed by atoms with Crippen LogP contribution in [-0.4, -0.2) is 11.7 Å². The maximum absolute atomic E-state index is 11.1. The molecule has 21 heavy (non-hydrogen) atoms. The lowest BCUT2D eigenvalue weighted by Crippen LogP contribution is -1.95. The van der Waals surface area contributed by atoms with Crippen molar-refractivity contribution in [1.82, 2.24) is 0 Å². The van der Waals surface area contributed by atoms with Crippen LogP contribution in [0.4, 0.5) is 5.69 Å². The third-order valence-corrected chi connectivity index (χ3v) is 3.59. The van der Waals surface area contributed by atoms with E-state index >= 15 is 0 Å². The van der Waals surface area contributed by atoms with E-state index in [1.54, 1.807) is 30.3 Å². The van der Waals surface area contributed by atoms with E-state index in [2.05, 4.69) is 15.9 Å². The highest BCUT2D eigenvalue weighted by Crippen LogP contribution is 2.38. The molecule has 3 rings (SSSR count). The normalized spacial score (nSPS) is 12.2. The van der Waals surface area contributed by atoms with Crippen molar-refractivity contribution in [3.63, 3.8) is 0 Å². The van der Waals surface area contributed by atoms with Crippen molar-refractivity contribution >= 4 is 21.6 Å². The van der Waals surface area contributed by atoms with Crippen LogP contribution in [-0.2, 0) is 5.33 Å². The van der Waals surface area contributed by atoms with Crippen molar-refractivity contribution in [3.8, 4) is 23.0 Å². The minimum absolute atomic E-state index is 0.0791. The van der Waals surface area contributed by atoms with Crippen LogP contribution >= 0.6 is 15.9 Å². The van der Waals surface area contributed by atoms with E-state index in [1.165, 1.54) is 6.07 Å². The Morgan fingerprint density at radius 2 is 2.00 bits per heavy atom. The Hall–Kier alpha value is -2.28. The maximum Gasteiger partial charge on any atom is 0.311 e. The van der Waals surface area contributed by atoms with Gasteiger partial charge in [0.2, 0.25) is 12.5 Å². The fourth-order valence-electron chi connectivity index (χ4n) is 1.94. The van der Waals surface area contributed by atoms with Gasteiger partial charge in [-0.2, -0.15) is 0 Å². The molecule has 2 aromatic rings. The lowest BCUT2D eigenvalue weighted by Gasteiger charge is -2.08. The standard InChI is InChI=1S/C14H10BrNO5/c15-7-9-1-3-12(11(5-9)16(17)18)21-10-2-4-13-14(6-10)20-8-19-13/h1-6H,7-8H2. The minimum Gasteiger partial charge on any atom is -0.454 e. The predicted octanol–water partition coefficient (Wildman–Crippen LogP) is 4.01. The molecule has 7 heteroatoms. The number of rotatable bonds is 4. The number of hydrogen-bond donors (Lipinski definition) is 0. The number of nitrogens with zero attached hydrogens (tertiary/aromatic N) is 1. The molecular weight excluding hydrogens is 342 g/mol. The number of halogens is 1. The number of ether oxygens (including phenoxy) is 3. The Morgan fingerprint density at radius 1 is 1.19 bits per heavy atom. The number of benzene rings is 2. The molecule has 0 N–H and O–H groups in total. The van der Waals surface area contributed by atoms with Gasteiger partial charge in [0.25, 0.3) is 0 Å². The first kappa shape index (κ1) is 13.7. The molecule has 0 saturated carbocycles. The maximum atomic E-state index is 11.1. The smallest absolute Gasteiger partial charge is 0.311 e. The molecule has 0 amide bonds. The Labute approximate surface area is 128 Å². The number of fused-ring (bicyclic) bond motifs is 1. The summed E-state index contributed by atoms with van der Waals surface area (Å²) in [5.74, 6) is 1.83. The van der Waals surface area contributed by atoms with Crippen LogP contribution in [0.3, 0.4) is 0 Å². The molecule has 108 valence electrons. The summed E-state index contributed by atoms with van der Waals surface area (Å²) in [6, 6.07) is 9.86. The zero-order chi connectivity index (χ0) is 14.8. The first-order valence-electron chi connectivity index (χ1n) is 6.08. The SMILES string of the molecule is O=[N+]([O-])c1cc(CBr)ccc1Oc1ccc2c(c1)OCO2. The van der Waals surface area contributed by atoms with Crippen LogP contribution in [0.5, 0.6) is 23.0 Å². The highest BCUT2D eigenvalue weighted by Gasteiger charge is 2.19. The van der Waals surface area contributed by atoms with Crippen molar-refractivity contribution in [2.45, 2.75) is 5.33 Å². The lowest BCUT2D eigenvalue weighted by atomic mass is 10.2. The average molecular weight is 352 g/mol. The number of nitro benzene ring substituents is 1. The van der Waals surface area contributed by atoms with E-state index in [4.69, 9.17) is 14.2 Å². The summed E-state index contributed by atoms with van der Waals surface area (Å²) in [5.41, 5.74) is 0.726. The van der Waals surface area contributed by atoms with Gasteiger partial charge in [0, 0.05) is 17.5 Å². The van der Waals surface area contributed by atoms with Gasteiger partial charge in [0.1, 0.15) is 5.75 Å². The highest BCUT2D eigenvalue weighted by molar-refractivity contribution is 9.08. The van der Waals surface area contributed by atoms with Crippen LogP contribution < -0.4 is 14.2 Å². The molecule has 0 spiro atoms. The van der Waals surface area contributed by atoms with E-state index < -0.39 is 4.92 Å². The van der Waals surface area contributed by atoms with Crippen molar-refractivity contribution in [1.29, 1.82) is 0 Å². The number of alkyl halides is 1. The van der Waals surface area contributed by atoms with Crippen LogP contribution in [0.25, 0.3) is 0 Å². The van der Waals surface area contributed by atoms with E-state index in [0.29, 0.717) is 22.6 Å². The van der Waals surface area contributed by atoms with E-state index in [9.17, 15) is 10.1 Å². The average Bonchev–Trinajstić information content (AvgIpc) is 2.95. The van der Waals surface area contributed by atoms with Gasteiger partial charge < -0.3 is 14.2 Å². The van der Waals surface area contributed by atoms with Gasteiger partial charge in [-0.15, -0.1) is 0 Å². The molecule has 0 fully saturated rings. The van der Waals surface area contributed by atoms with Gasteiger partial charge in [-0.05, 0) is 23.8 Å². The quantitative estimate of drug-likeness (QED) is 0.472. The topological polar surface area (TPSA) is 70.8 Å². The fraction of sp³-hybridized carbons (Fsp3) is 0.143. The largest absolute Gasteiger partial charge is 0.454 e. The van der Waals surface area contributed by atoms with Gasteiger partial charge in [-0.3, -0.25) is 10.1 Å². The summed E-state index contributed by atoms with van der Waals surface area (Å²) in [7, 11) is 0. The summed E-state index contributed by atoms with van der Waals surface area (Å²) < 4.78 is 16.1. The van der Waals surface area contributed by atoms with Gasteiger partial charge >= 0.3 is 5.69 Å². The molecule has 1 aliphatic rings. The molecule has 0 bridgehead atoms. The minimum atomic E-state index is -0.464. The molecule has 0 unspecified atom stereocenters. The van der Waals surface area contributed by atoms with Gasteiger partial charge in [0.15, 0.2) is 11.5 Å². The Morgan fingerprint density at radius 3 is 2.76 bits per heavy atom. The summed E-state index contributed by atoms with van der Waals surface area (Å²) in [6.07, 6.45) is 0. The van der Waals surface area contributed by atoms with E-state index in [0.717, 1.165) is 5.56 Å². The van der Waals surface area contributed by atoms with Crippen molar-refractivity contribution in [2.24, 2.45) is 0 Å². The molecule has 0 aromatic heterocycles. The van der Waals surface area contributed by atoms with Crippen molar-refractivity contribution in [2.75, 3.05) is 6.79 Å². The molecule has 6 nitrogen and oxygen atoms in total. The molecule has 0 radical (unpaired) electrons. The summed E-state index contributed by atoms with van der Waals surface area (Å²) in [6.45, 7) is 0.166. The predicted molar refractivity (Wildman–Crippen MR) is 78.4 cm³/mol. The van der Waals surface area contributed by atoms with Gasteiger partial charge in [0.05, 0.1) is 4.92 Å². The second-order valence-electron chi connectivity index (χ2n) is 4.31. The molecule has 0 aliphatic carbocycles. The zero-order valence-corrected chi connectivity index (χ0v) is 12.3. The van der Waals surface area contributed by atoms with Crippen LogP contribution in [0, 0.1) is 10.1 Å². The molecular formula is C14H10BrNO5. The Kier molecular flexibility index (Phi) is 3.66. The van der Waals surface area contributed by atoms with E-state index in [-0.39, 0.29) is 18.2 Å². The zero-order valence-electron chi connectivity index (χ0n) is 10.7. The van der Waals surface area contributed by atoms with Crippen molar-refractivity contribution < 1.29 is 19.1 Å².